The van der Waals surface area contributed by atoms with Gasteiger partial charge < -0.3 is 24.1 Å². The summed E-state index contributed by atoms with van der Waals surface area (Å²) < 4.78 is 21.7. The van der Waals surface area contributed by atoms with E-state index in [1.54, 1.807) is 9.13 Å². The lowest BCUT2D eigenvalue weighted by Gasteiger charge is -2.42. The van der Waals surface area contributed by atoms with Crippen molar-refractivity contribution in [2.45, 2.75) is 129 Å². The number of amides is 3. The van der Waals surface area contributed by atoms with Crippen molar-refractivity contribution in [3.05, 3.63) is 28.2 Å². The Hall–Kier alpha value is -2.95. The first kappa shape index (κ1) is 40.2. The number of carbonyl (C=O) groups is 3. The van der Waals surface area contributed by atoms with Gasteiger partial charge in [-0.05, 0) is 81.8 Å². The van der Waals surface area contributed by atoms with Gasteiger partial charge in [0.1, 0.15) is 18.4 Å². The molecule has 4 heterocycles. The molecule has 3 aliphatic heterocycles. The molecule has 2 fully saturated rings. The summed E-state index contributed by atoms with van der Waals surface area (Å²) in [6, 6.07) is 4.21. The second kappa shape index (κ2) is 15.1. The van der Waals surface area contributed by atoms with Crippen LogP contribution in [-0.2, 0) is 36.5 Å². The molecule has 2 aromatic rings. The zero-order chi connectivity index (χ0) is 38.4. The predicted octanol–water partition coefficient (Wildman–Crippen LogP) is 6.67. The van der Waals surface area contributed by atoms with Gasteiger partial charge >= 0.3 is 11.8 Å². The van der Waals surface area contributed by atoms with E-state index in [0.29, 0.717) is 44.9 Å². The highest BCUT2D eigenvalue weighted by molar-refractivity contribution is 6.76. The first-order chi connectivity index (χ1) is 24.1. The van der Waals surface area contributed by atoms with Crippen LogP contribution in [0.15, 0.2) is 16.9 Å². The number of nitrogens with one attached hydrogen (secondary N) is 1. The van der Waals surface area contributed by atoms with Crippen LogP contribution in [0.1, 0.15) is 72.4 Å². The maximum Gasteiger partial charge on any atom is 0.410 e. The first-order valence-corrected chi connectivity index (χ1v) is 25.7. The summed E-state index contributed by atoms with van der Waals surface area (Å²) in [5.74, 6) is -0.303. The van der Waals surface area contributed by atoms with Gasteiger partial charge in [0.15, 0.2) is 8.32 Å². The lowest BCUT2D eigenvalue weighted by atomic mass is 9.81. The number of piperidine rings is 2. The summed E-state index contributed by atoms with van der Waals surface area (Å²) >= 11 is 0. The van der Waals surface area contributed by atoms with Crippen molar-refractivity contribution in [3.8, 4) is 0 Å². The molecule has 3 amide bonds. The second-order valence-corrected chi connectivity index (χ2v) is 29.2. The molecule has 0 bridgehead atoms. The van der Waals surface area contributed by atoms with Crippen LogP contribution in [0.2, 0.25) is 43.8 Å². The number of carbonyl (C=O) groups excluding carboxylic acids is 3. The van der Waals surface area contributed by atoms with Gasteiger partial charge in [0.2, 0.25) is 5.91 Å². The Morgan fingerprint density at radius 3 is 2.33 bits per heavy atom. The third kappa shape index (κ3) is 8.87. The van der Waals surface area contributed by atoms with E-state index in [4.69, 9.17) is 13.9 Å². The van der Waals surface area contributed by atoms with Gasteiger partial charge in [0.25, 0.3) is 5.91 Å². The van der Waals surface area contributed by atoms with Crippen molar-refractivity contribution in [3.63, 3.8) is 0 Å². The number of hydrogen-bond donors (Lipinski definition) is 1. The summed E-state index contributed by atoms with van der Waals surface area (Å²) in [6.07, 6.45) is 1.72. The topological polar surface area (TPSA) is 124 Å². The number of benzene rings is 1. The third-order valence-electron chi connectivity index (χ3n) is 11.3. The molecule has 0 aliphatic carbocycles. The number of imidazole rings is 1. The normalized spacial score (nSPS) is 21.9. The largest absolute Gasteiger partial charge is 0.444 e. The molecule has 14 heteroatoms. The van der Waals surface area contributed by atoms with Crippen LogP contribution in [0.3, 0.4) is 0 Å². The second-order valence-electron chi connectivity index (χ2n) is 18.8. The Bertz CT molecular complexity index is 1720. The molecule has 3 atom stereocenters. The van der Waals surface area contributed by atoms with Crippen molar-refractivity contribution in [1.82, 2.24) is 18.9 Å². The van der Waals surface area contributed by atoms with E-state index in [2.05, 4.69) is 64.9 Å². The number of aromatic nitrogens is 2. The predicted molar refractivity (Wildman–Crippen MR) is 210 cm³/mol. The number of nitrogens with zero attached hydrogens (tertiary/aromatic N) is 4. The van der Waals surface area contributed by atoms with E-state index >= 15 is 0 Å². The van der Waals surface area contributed by atoms with Gasteiger partial charge in [0.05, 0.1) is 16.7 Å². The fourth-order valence-electron chi connectivity index (χ4n) is 7.16. The molecule has 1 N–H and O–H groups in total. The van der Waals surface area contributed by atoms with E-state index in [9.17, 15) is 19.2 Å². The molecule has 0 saturated carbocycles. The Labute approximate surface area is 311 Å². The average molecular weight is 758 g/mol. The van der Waals surface area contributed by atoms with Crippen molar-refractivity contribution >= 4 is 51.0 Å². The van der Waals surface area contributed by atoms with Crippen molar-refractivity contribution in [1.29, 1.82) is 0 Å². The summed E-state index contributed by atoms with van der Waals surface area (Å²) in [5.41, 5.74) is 2.72. The number of anilines is 1. The highest BCUT2D eigenvalue weighted by atomic mass is 28.4. The van der Waals surface area contributed by atoms with Gasteiger partial charge in [-0.2, -0.15) is 0 Å². The molecule has 5 rings (SSSR count). The molecule has 3 unspecified atom stereocenters. The molecule has 1 aromatic heterocycles. The molecule has 290 valence electrons. The van der Waals surface area contributed by atoms with E-state index in [1.807, 2.05) is 31.7 Å². The Morgan fingerprint density at radius 2 is 1.67 bits per heavy atom. The van der Waals surface area contributed by atoms with Gasteiger partial charge in [-0.25, -0.2) is 9.59 Å². The zero-order valence-corrected chi connectivity index (χ0v) is 35.5. The summed E-state index contributed by atoms with van der Waals surface area (Å²) in [7, 11) is -3.38. The van der Waals surface area contributed by atoms with Crippen LogP contribution < -0.4 is 11.0 Å². The SMILES string of the molecule is CC(C)(C)OC(=O)N1CCC(Cc2ccc3c4c2NCCn4c(=O)n3C2CCC(=O)N(COCC[Si](C)(C)C)C2=O)C(CO[Si](C)(C)C(C)(C)C)C1. The van der Waals surface area contributed by atoms with E-state index in [0.717, 1.165) is 35.7 Å². The van der Waals surface area contributed by atoms with Gasteiger partial charge in [-0.3, -0.25) is 23.6 Å². The minimum atomic E-state index is -2.05. The van der Waals surface area contributed by atoms with Gasteiger partial charge in [0, 0.05) is 59.8 Å². The molecule has 0 radical (unpaired) electrons. The summed E-state index contributed by atoms with van der Waals surface area (Å²) in [5, 5.41) is 3.66. The van der Waals surface area contributed by atoms with Crippen molar-refractivity contribution < 1.29 is 28.3 Å². The van der Waals surface area contributed by atoms with Crippen LogP contribution in [0.4, 0.5) is 10.5 Å². The van der Waals surface area contributed by atoms with E-state index in [1.165, 1.54) is 4.90 Å². The minimum absolute atomic E-state index is 0.0582. The van der Waals surface area contributed by atoms with Gasteiger partial charge in [-0.15, -0.1) is 0 Å². The first-order valence-electron chi connectivity index (χ1n) is 19.1. The molecule has 12 nitrogen and oxygen atoms in total. The molecule has 1 aromatic carbocycles. The van der Waals surface area contributed by atoms with Crippen LogP contribution in [0.5, 0.6) is 0 Å². The average Bonchev–Trinajstić information content (AvgIpc) is 3.31. The maximum absolute atomic E-state index is 14.1. The van der Waals surface area contributed by atoms with Crippen molar-refractivity contribution in [2.24, 2.45) is 11.8 Å². The minimum Gasteiger partial charge on any atom is -0.444 e. The number of likely N-dealkylation sites (tertiary alicyclic amines) is 2. The fourth-order valence-corrected chi connectivity index (χ4v) is 8.98. The highest BCUT2D eigenvalue weighted by Crippen LogP contribution is 2.40. The zero-order valence-electron chi connectivity index (χ0n) is 33.5. The third-order valence-corrected chi connectivity index (χ3v) is 17.6. The van der Waals surface area contributed by atoms with Gasteiger partial charge in [-0.1, -0.05) is 46.5 Å². The molecular formula is C38H63N5O7Si2. The van der Waals surface area contributed by atoms with Crippen LogP contribution in [-0.4, -0.2) is 98.4 Å². The van der Waals surface area contributed by atoms with Crippen LogP contribution in [0, 0.1) is 11.8 Å². The standard InChI is InChI=1S/C38H63N5O7Si2/c1-37(2,3)50-36(47)40-18-16-26(28(23-40)24-49-52(10,11)38(4,5)6)22-27-12-13-29-33-32(27)39-17-19-41(33)35(46)43(29)30-14-15-31(44)42(34(30)45)25-48-20-21-51(7,8)9/h12-13,26,28,30,39H,14-25H2,1-11H3. The highest BCUT2D eigenvalue weighted by Gasteiger charge is 2.41. The number of rotatable bonds is 11. The molecule has 0 spiro atoms. The van der Waals surface area contributed by atoms with E-state index < -0.39 is 28.0 Å². The fraction of sp³-hybridized carbons (Fsp3) is 0.737. The molecule has 52 heavy (non-hydrogen) atoms. The molecule has 2 saturated heterocycles. The Balaban J connectivity index is 1.41. The quantitative estimate of drug-likeness (QED) is 0.153. The smallest absolute Gasteiger partial charge is 0.410 e. The lowest BCUT2D eigenvalue weighted by molar-refractivity contribution is -0.157. The number of imide groups is 1. The molecule has 3 aliphatic rings. The van der Waals surface area contributed by atoms with Crippen LogP contribution >= 0.6 is 0 Å². The monoisotopic (exact) mass is 757 g/mol. The Morgan fingerprint density at radius 1 is 0.962 bits per heavy atom. The number of hydrogen-bond acceptors (Lipinski definition) is 8. The Kier molecular flexibility index (Phi) is 11.7. The van der Waals surface area contributed by atoms with E-state index in [-0.39, 0.29) is 60.0 Å². The summed E-state index contributed by atoms with van der Waals surface area (Å²) in [6.45, 7) is 26.9. The maximum atomic E-state index is 14.1. The van der Waals surface area contributed by atoms with Crippen LogP contribution in [0.25, 0.3) is 11.0 Å². The lowest BCUT2D eigenvalue weighted by Crippen LogP contribution is -2.49. The van der Waals surface area contributed by atoms with Crippen molar-refractivity contribution in [2.75, 3.05) is 44.9 Å². The number of ether oxygens (including phenoxy) is 2. The summed E-state index contributed by atoms with van der Waals surface area (Å²) in [4.78, 5) is 57.0. The molecular weight excluding hydrogens is 695 g/mol.